The van der Waals surface area contributed by atoms with Gasteiger partial charge in [0.2, 0.25) is 0 Å². The molecule has 2 rings (SSSR count). The molecule has 0 amide bonds. The molecular weight excluding hydrogens is 350 g/mol. The van der Waals surface area contributed by atoms with Gasteiger partial charge in [0.1, 0.15) is 5.75 Å². The van der Waals surface area contributed by atoms with Crippen molar-refractivity contribution in [3.8, 4) is 5.75 Å². The zero-order valence-electron chi connectivity index (χ0n) is 10.7. The van der Waals surface area contributed by atoms with E-state index >= 15 is 0 Å². The van der Waals surface area contributed by atoms with Gasteiger partial charge in [0, 0.05) is 9.85 Å². The number of methoxy groups -OCH3 is 1. The maximum Gasteiger partial charge on any atom is 0.160 e. The monoisotopic (exact) mass is 360 g/mol. The van der Waals surface area contributed by atoms with Gasteiger partial charge in [0.25, 0.3) is 0 Å². The predicted molar refractivity (Wildman–Crippen MR) is 79.7 cm³/mol. The zero-order chi connectivity index (χ0) is 14.7. The Morgan fingerprint density at radius 1 is 1.15 bits per heavy atom. The summed E-state index contributed by atoms with van der Waals surface area (Å²) in [5, 5.41) is 0.208. The molecule has 0 N–H and O–H groups in total. The molecular formula is C15H12BrClF2O. The summed E-state index contributed by atoms with van der Waals surface area (Å²) in [5.74, 6) is -1.07. The fourth-order valence-electron chi connectivity index (χ4n) is 1.86. The average Bonchev–Trinajstić information content (AvgIpc) is 2.43. The summed E-state index contributed by atoms with van der Waals surface area (Å²) in [6, 6.07) is 9.65. The van der Waals surface area contributed by atoms with E-state index in [9.17, 15) is 8.78 Å². The van der Waals surface area contributed by atoms with Crippen LogP contribution in [0.15, 0.2) is 36.4 Å². The van der Waals surface area contributed by atoms with Gasteiger partial charge in [-0.25, -0.2) is 8.78 Å². The van der Waals surface area contributed by atoms with Gasteiger partial charge in [-0.05, 0) is 41.8 Å². The van der Waals surface area contributed by atoms with Crippen molar-refractivity contribution in [2.24, 2.45) is 0 Å². The van der Waals surface area contributed by atoms with Crippen LogP contribution in [-0.2, 0) is 6.42 Å². The second-order valence-electron chi connectivity index (χ2n) is 4.31. The van der Waals surface area contributed by atoms with Crippen molar-refractivity contribution in [1.29, 1.82) is 0 Å². The molecule has 0 radical (unpaired) electrons. The Kier molecular flexibility index (Phi) is 5.00. The van der Waals surface area contributed by atoms with Gasteiger partial charge in [0.15, 0.2) is 11.6 Å². The third-order valence-electron chi connectivity index (χ3n) is 2.95. The number of ether oxygens (including phenoxy) is 1. The Labute approximate surface area is 129 Å². The van der Waals surface area contributed by atoms with E-state index in [0.29, 0.717) is 12.0 Å². The Balaban J connectivity index is 2.18. The molecule has 0 aliphatic heterocycles. The van der Waals surface area contributed by atoms with Crippen molar-refractivity contribution < 1.29 is 13.5 Å². The summed E-state index contributed by atoms with van der Waals surface area (Å²) in [6.45, 7) is 0. The SMILES string of the molecule is COc1ccc(CC(Br)c2cc(F)c(F)cc2Cl)cc1. The molecule has 0 aromatic heterocycles. The second kappa shape index (κ2) is 6.55. The molecule has 1 nitrogen and oxygen atoms in total. The van der Waals surface area contributed by atoms with Crippen LogP contribution in [0.5, 0.6) is 5.75 Å². The summed E-state index contributed by atoms with van der Waals surface area (Å²) in [5.41, 5.74) is 1.56. The van der Waals surface area contributed by atoms with E-state index < -0.39 is 11.6 Å². The van der Waals surface area contributed by atoms with Crippen LogP contribution in [-0.4, -0.2) is 7.11 Å². The van der Waals surface area contributed by atoms with Crippen molar-refractivity contribution >= 4 is 27.5 Å². The van der Waals surface area contributed by atoms with Crippen LogP contribution >= 0.6 is 27.5 Å². The number of hydrogen-bond acceptors (Lipinski definition) is 1. The maximum atomic E-state index is 13.3. The van der Waals surface area contributed by atoms with Crippen LogP contribution in [0.25, 0.3) is 0 Å². The predicted octanol–water partition coefficient (Wildman–Crippen LogP) is 5.31. The fraction of sp³-hybridized carbons (Fsp3) is 0.200. The van der Waals surface area contributed by atoms with Crippen LogP contribution < -0.4 is 4.74 Å². The van der Waals surface area contributed by atoms with Crippen LogP contribution in [0.2, 0.25) is 5.02 Å². The smallest absolute Gasteiger partial charge is 0.160 e. The third-order valence-corrected chi connectivity index (χ3v) is 4.10. The summed E-state index contributed by atoms with van der Waals surface area (Å²) >= 11 is 9.42. The van der Waals surface area contributed by atoms with Crippen molar-refractivity contribution in [1.82, 2.24) is 0 Å². The lowest BCUT2D eigenvalue weighted by Gasteiger charge is -2.13. The molecule has 1 atom stereocenters. The number of hydrogen-bond donors (Lipinski definition) is 0. The van der Waals surface area contributed by atoms with Crippen LogP contribution in [0.4, 0.5) is 8.78 Å². The molecule has 0 heterocycles. The zero-order valence-corrected chi connectivity index (χ0v) is 13.0. The molecule has 5 heteroatoms. The Morgan fingerprint density at radius 2 is 1.75 bits per heavy atom. The van der Waals surface area contributed by atoms with Gasteiger partial charge < -0.3 is 4.74 Å². The number of halogens is 4. The van der Waals surface area contributed by atoms with Crippen LogP contribution in [0, 0.1) is 11.6 Å². The van der Waals surface area contributed by atoms with Gasteiger partial charge >= 0.3 is 0 Å². The standard InChI is InChI=1S/C15H12BrClF2O/c1-20-10-4-2-9(3-5-10)6-12(16)11-7-14(18)15(19)8-13(11)17/h2-5,7-8,12H,6H2,1H3. The van der Waals surface area contributed by atoms with E-state index in [1.54, 1.807) is 7.11 Å². The lowest BCUT2D eigenvalue weighted by molar-refractivity contribution is 0.414. The van der Waals surface area contributed by atoms with E-state index in [-0.39, 0.29) is 9.85 Å². The molecule has 2 aromatic rings. The Bertz CT molecular complexity index is 602. The first kappa shape index (κ1) is 15.3. The van der Waals surface area contributed by atoms with Gasteiger partial charge in [-0.2, -0.15) is 0 Å². The molecule has 20 heavy (non-hydrogen) atoms. The first-order valence-electron chi connectivity index (χ1n) is 5.92. The number of rotatable bonds is 4. The summed E-state index contributed by atoms with van der Waals surface area (Å²) in [4.78, 5) is -0.196. The fourth-order valence-corrected chi connectivity index (χ4v) is 3.02. The average molecular weight is 362 g/mol. The quantitative estimate of drug-likeness (QED) is 0.530. The highest BCUT2D eigenvalue weighted by Gasteiger charge is 2.16. The van der Waals surface area contributed by atoms with E-state index in [1.165, 1.54) is 0 Å². The lowest BCUT2D eigenvalue weighted by Crippen LogP contribution is -1.99. The second-order valence-corrected chi connectivity index (χ2v) is 5.82. The highest BCUT2D eigenvalue weighted by molar-refractivity contribution is 9.09. The van der Waals surface area contributed by atoms with Gasteiger partial charge in [-0.15, -0.1) is 0 Å². The Hall–Kier alpha value is -1.13. The van der Waals surface area contributed by atoms with Gasteiger partial charge in [0.05, 0.1) is 7.11 Å². The first-order valence-corrected chi connectivity index (χ1v) is 7.22. The van der Waals surface area contributed by atoms with Gasteiger partial charge in [-0.3, -0.25) is 0 Å². The molecule has 0 bridgehead atoms. The van der Waals surface area contributed by atoms with Crippen molar-refractivity contribution in [3.63, 3.8) is 0 Å². The van der Waals surface area contributed by atoms with Crippen molar-refractivity contribution in [3.05, 3.63) is 64.2 Å². The van der Waals surface area contributed by atoms with Crippen molar-refractivity contribution in [2.75, 3.05) is 7.11 Å². The topological polar surface area (TPSA) is 9.23 Å². The summed E-state index contributed by atoms with van der Waals surface area (Å²) in [7, 11) is 1.60. The minimum atomic E-state index is -0.942. The Morgan fingerprint density at radius 3 is 2.35 bits per heavy atom. The summed E-state index contributed by atoms with van der Waals surface area (Å²) in [6.07, 6.45) is 0.606. The van der Waals surface area contributed by atoms with Gasteiger partial charge in [-0.1, -0.05) is 39.7 Å². The molecule has 0 spiro atoms. The van der Waals surface area contributed by atoms with E-state index in [4.69, 9.17) is 16.3 Å². The number of alkyl halides is 1. The molecule has 0 aliphatic rings. The lowest BCUT2D eigenvalue weighted by atomic mass is 10.0. The third kappa shape index (κ3) is 3.49. The van der Waals surface area contributed by atoms with E-state index in [1.807, 2.05) is 24.3 Å². The normalized spacial score (nSPS) is 12.2. The van der Waals surface area contributed by atoms with Crippen molar-refractivity contribution in [2.45, 2.75) is 11.2 Å². The molecule has 0 saturated heterocycles. The molecule has 0 fully saturated rings. The summed E-state index contributed by atoms with van der Waals surface area (Å²) < 4.78 is 31.4. The molecule has 106 valence electrons. The van der Waals surface area contributed by atoms with Crippen LogP contribution in [0.1, 0.15) is 16.0 Å². The first-order chi connectivity index (χ1) is 9.51. The van der Waals surface area contributed by atoms with Crippen LogP contribution in [0.3, 0.4) is 0 Å². The highest BCUT2D eigenvalue weighted by Crippen LogP contribution is 2.34. The largest absolute Gasteiger partial charge is 0.497 e. The van der Waals surface area contributed by atoms with E-state index in [0.717, 1.165) is 23.4 Å². The maximum absolute atomic E-state index is 13.3. The number of benzene rings is 2. The molecule has 2 aromatic carbocycles. The highest BCUT2D eigenvalue weighted by atomic mass is 79.9. The molecule has 0 saturated carbocycles. The molecule has 0 aliphatic carbocycles. The minimum absolute atomic E-state index is 0.196. The van der Waals surface area contributed by atoms with E-state index in [2.05, 4.69) is 15.9 Å². The minimum Gasteiger partial charge on any atom is -0.497 e. The molecule has 1 unspecified atom stereocenters.